The molecule has 1 atom stereocenters. The summed E-state index contributed by atoms with van der Waals surface area (Å²) >= 11 is 3.58. The van der Waals surface area contributed by atoms with Gasteiger partial charge in [-0.3, -0.25) is 4.68 Å². The molecule has 0 saturated heterocycles. The first-order chi connectivity index (χ1) is 10.1. The number of aliphatic hydroxyl groups excluding tert-OH is 1. The molecule has 2 aromatic rings. The summed E-state index contributed by atoms with van der Waals surface area (Å²) in [6, 6.07) is 7.95. The molecule has 1 heterocycles. The number of hydrogen-bond donors (Lipinski definition) is 1. The SMILES string of the molecule is COc1ccccc1CC(CO)Cc1c(Br)c(C)nn1C. The van der Waals surface area contributed by atoms with Gasteiger partial charge in [-0.25, -0.2) is 0 Å². The van der Waals surface area contributed by atoms with Gasteiger partial charge < -0.3 is 9.84 Å². The summed E-state index contributed by atoms with van der Waals surface area (Å²) in [6.07, 6.45) is 1.55. The van der Waals surface area contributed by atoms with E-state index >= 15 is 0 Å². The van der Waals surface area contributed by atoms with E-state index in [4.69, 9.17) is 4.74 Å². The Morgan fingerprint density at radius 3 is 2.62 bits per heavy atom. The second-order valence-corrected chi connectivity index (χ2v) is 6.03. The summed E-state index contributed by atoms with van der Waals surface area (Å²) in [5.74, 6) is 1.00. The highest BCUT2D eigenvalue weighted by atomic mass is 79.9. The van der Waals surface area contributed by atoms with Gasteiger partial charge in [0.25, 0.3) is 0 Å². The predicted octanol–water partition coefficient (Wildman–Crippen LogP) is 2.89. The Morgan fingerprint density at radius 1 is 1.33 bits per heavy atom. The average Bonchev–Trinajstić information content (AvgIpc) is 2.73. The predicted molar refractivity (Wildman–Crippen MR) is 86.6 cm³/mol. The van der Waals surface area contributed by atoms with Crippen molar-refractivity contribution in [3.63, 3.8) is 0 Å². The number of ether oxygens (including phenoxy) is 1. The number of methoxy groups -OCH3 is 1. The highest BCUT2D eigenvalue weighted by molar-refractivity contribution is 9.10. The van der Waals surface area contributed by atoms with Crippen LogP contribution >= 0.6 is 15.9 Å². The lowest BCUT2D eigenvalue weighted by Crippen LogP contribution is -2.16. The molecule has 0 spiro atoms. The molecule has 0 aliphatic carbocycles. The molecule has 0 radical (unpaired) electrons. The Hall–Kier alpha value is -1.33. The van der Waals surface area contributed by atoms with E-state index in [1.807, 2.05) is 42.9 Å². The summed E-state index contributed by atoms with van der Waals surface area (Å²) in [5.41, 5.74) is 3.21. The van der Waals surface area contributed by atoms with E-state index in [9.17, 15) is 5.11 Å². The maximum absolute atomic E-state index is 9.72. The number of rotatable bonds is 6. The van der Waals surface area contributed by atoms with Crippen LogP contribution in [0.3, 0.4) is 0 Å². The monoisotopic (exact) mass is 352 g/mol. The Balaban J connectivity index is 2.17. The van der Waals surface area contributed by atoms with Crippen molar-refractivity contribution in [2.24, 2.45) is 13.0 Å². The fraction of sp³-hybridized carbons (Fsp3) is 0.438. The lowest BCUT2D eigenvalue weighted by atomic mass is 9.95. The van der Waals surface area contributed by atoms with E-state index in [1.54, 1.807) is 7.11 Å². The number of hydrogen-bond acceptors (Lipinski definition) is 3. The summed E-state index contributed by atoms with van der Waals surface area (Å²) in [5, 5.41) is 14.1. The summed E-state index contributed by atoms with van der Waals surface area (Å²) in [7, 11) is 3.61. The molecule has 0 saturated carbocycles. The van der Waals surface area contributed by atoms with E-state index in [0.29, 0.717) is 0 Å². The third kappa shape index (κ3) is 3.66. The lowest BCUT2D eigenvalue weighted by Gasteiger charge is -2.16. The largest absolute Gasteiger partial charge is 0.496 e. The molecule has 1 aromatic carbocycles. The molecular formula is C16H21BrN2O2. The Labute approximate surface area is 133 Å². The van der Waals surface area contributed by atoms with Crippen LogP contribution in [0.4, 0.5) is 0 Å². The van der Waals surface area contributed by atoms with Crippen molar-refractivity contribution < 1.29 is 9.84 Å². The van der Waals surface area contributed by atoms with Gasteiger partial charge in [-0.15, -0.1) is 0 Å². The van der Waals surface area contributed by atoms with Crippen molar-refractivity contribution in [3.8, 4) is 5.75 Å². The van der Waals surface area contributed by atoms with E-state index in [2.05, 4.69) is 21.0 Å². The number of para-hydroxylation sites is 1. The van der Waals surface area contributed by atoms with E-state index < -0.39 is 0 Å². The molecule has 0 amide bonds. The topological polar surface area (TPSA) is 47.3 Å². The molecule has 1 N–H and O–H groups in total. The minimum Gasteiger partial charge on any atom is -0.496 e. The number of benzene rings is 1. The molecule has 1 aromatic heterocycles. The van der Waals surface area contributed by atoms with Crippen molar-refractivity contribution in [2.45, 2.75) is 19.8 Å². The van der Waals surface area contributed by atoms with Crippen LogP contribution < -0.4 is 4.74 Å². The van der Waals surface area contributed by atoms with Gasteiger partial charge in [0.15, 0.2) is 0 Å². The van der Waals surface area contributed by atoms with Crippen molar-refractivity contribution in [3.05, 3.63) is 45.7 Å². The van der Waals surface area contributed by atoms with Crippen LogP contribution in [0, 0.1) is 12.8 Å². The minimum absolute atomic E-state index is 0.132. The quantitative estimate of drug-likeness (QED) is 0.869. The molecule has 1 unspecified atom stereocenters. The van der Waals surface area contributed by atoms with Crippen LogP contribution in [0.15, 0.2) is 28.7 Å². The number of aliphatic hydroxyl groups is 1. The first-order valence-electron chi connectivity index (χ1n) is 6.97. The van der Waals surface area contributed by atoms with Gasteiger partial charge in [0.1, 0.15) is 5.75 Å². The molecule has 4 nitrogen and oxygen atoms in total. The number of halogens is 1. The zero-order valence-corrected chi connectivity index (χ0v) is 14.2. The van der Waals surface area contributed by atoms with Gasteiger partial charge >= 0.3 is 0 Å². The van der Waals surface area contributed by atoms with Crippen LogP contribution in [0.2, 0.25) is 0 Å². The van der Waals surface area contributed by atoms with Crippen LogP contribution in [0.1, 0.15) is 17.0 Å². The fourth-order valence-corrected chi connectivity index (χ4v) is 3.06. The zero-order chi connectivity index (χ0) is 15.4. The number of nitrogens with zero attached hydrogens (tertiary/aromatic N) is 2. The normalized spacial score (nSPS) is 12.4. The van der Waals surface area contributed by atoms with E-state index in [0.717, 1.165) is 40.0 Å². The Kier molecular flexibility index (Phi) is 5.42. The molecule has 114 valence electrons. The number of aromatic nitrogens is 2. The first kappa shape index (κ1) is 16.0. The van der Waals surface area contributed by atoms with Crippen LogP contribution in [-0.4, -0.2) is 28.6 Å². The standard InChI is InChI=1S/C16H21BrN2O2/c1-11-16(17)14(19(2)18-11)9-12(10-20)8-13-6-4-5-7-15(13)21-3/h4-7,12,20H,8-10H2,1-3H3. The number of aryl methyl sites for hydroxylation is 2. The highest BCUT2D eigenvalue weighted by Gasteiger charge is 2.18. The molecule has 0 bridgehead atoms. The second kappa shape index (κ2) is 7.09. The molecular weight excluding hydrogens is 332 g/mol. The van der Waals surface area contributed by atoms with Gasteiger partial charge in [-0.05, 0) is 53.2 Å². The molecule has 0 aliphatic heterocycles. The maximum Gasteiger partial charge on any atom is 0.122 e. The molecule has 21 heavy (non-hydrogen) atoms. The van der Waals surface area contributed by atoms with Gasteiger partial charge in [0.05, 0.1) is 23.0 Å². The average molecular weight is 353 g/mol. The highest BCUT2D eigenvalue weighted by Crippen LogP contribution is 2.26. The molecule has 2 rings (SSSR count). The van der Waals surface area contributed by atoms with Crippen molar-refractivity contribution in [2.75, 3.05) is 13.7 Å². The van der Waals surface area contributed by atoms with Crippen LogP contribution in [0.5, 0.6) is 5.75 Å². The van der Waals surface area contributed by atoms with E-state index in [-0.39, 0.29) is 12.5 Å². The molecule has 5 heteroatoms. The van der Waals surface area contributed by atoms with Crippen molar-refractivity contribution >= 4 is 15.9 Å². The minimum atomic E-state index is 0.132. The Morgan fingerprint density at radius 2 is 2.05 bits per heavy atom. The fourth-order valence-electron chi connectivity index (χ4n) is 2.56. The van der Waals surface area contributed by atoms with Gasteiger partial charge in [0.2, 0.25) is 0 Å². The third-order valence-electron chi connectivity index (χ3n) is 3.70. The third-order valence-corrected chi connectivity index (χ3v) is 4.73. The van der Waals surface area contributed by atoms with Gasteiger partial charge in [-0.1, -0.05) is 18.2 Å². The van der Waals surface area contributed by atoms with Crippen molar-refractivity contribution in [1.29, 1.82) is 0 Å². The zero-order valence-electron chi connectivity index (χ0n) is 12.6. The second-order valence-electron chi connectivity index (χ2n) is 5.24. The van der Waals surface area contributed by atoms with Crippen molar-refractivity contribution in [1.82, 2.24) is 9.78 Å². The Bertz CT molecular complexity index is 610. The smallest absolute Gasteiger partial charge is 0.122 e. The van der Waals surface area contributed by atoms with Gasteiger partial charge in [-0.2, -0.15) is 5.10 Å². The molecule has 0 aliphatic rings. The lowest BCUT2D eigenvalue weighted by molar-refractivity contribution is 0.222. The van der Waals surface area contributed by atoms with Crippen LogP contribution in [0.25, 0.3) is 0 Å². The summed E-state index contributed by atoms with van der Waals surface area (Å²) in [6.45, 7) is 2.11. The summed E-state index contributed by atoms with van der Waals surface area (Å²) in [4.78, 5) is 0. The maximum atomic E-state index is 9.72. The molecule has 0 fully saturated rings. The summed E-state index contributed by atoms with van der Waals surface area (Å²) < 4.78 is 8.29. The first-order valence-corrected chi connectivity index (χ1v) is 7.76. The van der Waals surface area contributed by atoms with Gasteiger partial charge in [0, 0.05) is 13.7 Å². The van der Waals surface area contributed by atoms with Crippen LogP contribution in [-0.2, 0) is 19.9 Å². The van der Waals surface area contributed by atoms with E-state index in [1.165, 1.54) is 0 Å².